The molecule has 0 spiro atoms. The van der Waals surface area contributed by atoms with Gasteiger partial charge in [-0.3, -0.25) is 0 Å². The number of nitrogens with zero attached hydrogens (tertiary/aromatic N) is 1. The number of carbonyl (C=O) groups is 1. The lowest BCUT2D eigenvalue weighted by atomic mass is 10.1. The van der Waals surface area contributed by atoms with E-state index in [9.17, 15) is 15.1 Å². The summed E-state index contributed by atoms with van der Waals surface area (Å²) in [4.78, 5) is 11.2. The topological polar surface area (TPSA) is 63.6 Å². The molecule has 0 heterocycles. The predicted molar refractivity (Wildman–Crippen MR) is 74.3 cm³/mol. The molecule has 0 atom stereocenters. The fraction of sp³-hybridized carbons (Fsp3) is 0. The molecule has 0 aliphatic rings. The average Bonchev–Trinajstić information content (AvgIpc) is 2.46. The van der Waals surface area contributed by atoms with Crippen molar-refractivity contribution < 1.29 is 9.90 Å². The number of benzene rings is 2. The SMILES string of the molecule is O=C(O)/C(=C\N([O-])c1ccccc1)c1ccccc1. The minimum absolute atomic E-state index is 0.0422. The van der Waals surface area contributed by atoms with Gasteiger partial charge in [0.05, 0.1) is 5.57 Å². The number of hydrogen-bond acceptors (Lipinski definition) is 3. The van der Waals surface area contributed by atoms with Crippen molar-refractivity contribution in [1.82, 2.24) is 0 Å². The molecular formula is C15H12NO3-. The Morgan fingerprint density at radius 1 is 1.00 bits per heavy atom. The highest BCUT2D eigenvalue weighted by atomic mass is 16.5. The number of aliphatic carboxylic acids is 1. The average molecular weight is 254 g/mol. The van der Waals surface area contributed by atoms with Gasteiger partial charge in [-0.25, -0.2) is 4.79 Å². The van der Waals surface area contributed by atoms with Crippen LogP contribution in [0.3, 0.4) is 0 Å². The molecule has 0 amide bonds. The Morgan fingerprint density at radius 3 is 2.05 bits per heavy atom. The fourth-order valence-electron chi connectivity index (χ4n) is 1.64. The molecule has 2 rings (SSSR count). The van der Waals surface area contributed by atoms with Crippen LogP contribution < -0.4 is 5.06 Å². The van der Waals surface area contributed by atoms with Gasteiger partial charge in [0.1, 0.15) is 0 Å². The Bertz CT molecular complexity index is 579. The van der Waals surface area contributed by atoms with Gasteiger partial charge in [0, 0.05) is 11.9 Å². The Balaban J connectivity index is 2.35. The quantitative estimate of drug-likeness (QED) is 0.672. The first-order valence-electron chi connectivity index (χ1n) is 5.70. The first-order valence-corrected chi connectivity index (χ1v) is 5.70. The summed E-state index contributed by atoms with van der Waals surface area (Å²) in [5, 5.41) is 21.7. The van der Waals surface area contributed by atoms with Crippen LogP contribution >= 0.6 is 0 Å². The molecule has 4 heteroatoms. The molecule has 4 nitrogen and oxygen atoms in total. The monoisotopic (exact) mass is 254 g/mol. The Hall–Kier alpha value is -2.59. The van der Waals surface area contributed by atoms with Gasteiger partial charge in [0.25, 0.3) is 0 Å². The number of carboxylic acids is 1. The number of anilines is 1. The Morgan fingerprint density at radius 2 is 1.53 bits per heavy atom. The van der Waals surface area contributed by atoms with Crippen LogP contribution in [0.5, 0.6) is 0 Å². The lowest BCUT2D eigenvalue weighted by Gasteiger charge is -2.27. The van der Waals surface area contributed by atoms with E-state index in [4.69, 9.17) is 0 Å². The molecule has 0 bridgehead atoms. The summed E-state index contributed by atoms with van der Waals surface area (Å²) in [6.45, 7) is 0. The van der Waals surface area contributed by atoms with Crippen molar-refractivity contribution in [3.8, 4) is 0 Å². The third-order valence-electron chi connectivity index (χ3n) is 2.57. The molecule has 2 aromatic rings. The second kappa shape index (κ2) is 5.84. The van der Waals surface area contributed by atoms with Crippen molar-refractivity contribution in [1.29, 1.82) is 0 Å². The summed E-state index contributed by atoms with van der Waals surface area (Å²) < 4.78 is 0. The summed E-state index contributed by atoms with van der Waals surface area (Å²) in [7, 11) is 0. The number of carboxylic acid groups (broad SMARTS) is 1. The van der Waals surface area contributed by atoms with Crippen LogP contribution in [-0.4, -0.2) is 11.1 Å². The minimum Gasteiger partial charge on any atom is -0.754 e. The van der Waals surface area contributed by atoms with Gasteiger partial charge in [-0.05, 0) is 17.7 Å². The third kappa shape index (κ3) is 3.20. The number of rotatable bonds is 4. The highest BCUT2D eigenvalue weighted by Gasteiger charge is 2.10. The van der Waals surface area contributed by atoms with Gasteiger partial charge >= 0.3 is 5.97 Å². The van der Waals surface area contributed by atoms with Crippen molar-refractivity contribution >= 4 is 17.2 Å². The van der Waals surface area contributed by atoms with Crippen LogP contribution in [0.2, 0.25) is 0 Å². The number of hydrogen-bond donors (Lipinski definition) is 1. The Labute approximate surface area is 110 Å². The maximum Gasteiger partial charge on any atom is 0.337 e. The molecule has 96 valence electrons. The van der Waals surface area contributed by atoms with E-state index >= 15 is 0 Å². The van der Waals surface area contributed by atoms with E-state index in [1.54, 1.807) is 60.7 Å². The molecule has 0 fully saturated rings. The molecule has 19 heavy (non-hydrogen) atoms. The lowest BCUT2D eigenvalue weighted by molar-refractivity contribution is -0.130. The summed E-state index contributed by atoms with van der Waals surface area (Å²) in [6, 6.07) is 17.0. The molecule has 0 aliphatic carbocycles. The van der Waals surface area contributed by atoms with Crippen molar-refractivity contribution in [2.45, 2.75) is 0 Å². The van der Waals surface area contributed by atoms with E-state index in [1.165, 1.54) is 0 Å². The molecule has 0 saturated carbocycles. The van der Waals surface area contributed by atoms with E-state index in [2.05, 4.69) is 0 Å². The molecule has 2 aromatic carbocycles. The van der Waals surface area contributed by atoms with Crippen LogP contribution in [0.1, 0.15) is 5.56 Å². The van der Waals surface area contributed by atoms with Crippen molar-refractivity contribution in [2.24, 2.45) is 0 Å². The zero-order chi connectivity index (χ0) is 13.7. The zero-order valence-corrected chi connectivity index (χ0v) is 10.1. The van der Waals surface area contributed by atoms with E-state index in [-0.39, 0.29) is 5.57 Å². The molecule has 0 unspecified atom stereocenters. The molecule has 0 aliphatic heterocycles. The molecule has 0 radical (unpaired) electrons. The van der Waals surface area contributed by atoms with Gasteiger partial charge in [-0.1, -0.05) is 48.5 Å². The van der Waals surface area contributed by atoms with Gasteiger partial charge in [0.15, 0.2) is 0 Å². The summed E-state index contributed by atoms with van der Waals surface area (Å²) >= 11 is 0. The molecule has 0 saturated heterocycles. The largest absolute Gasteiger partial charge is 0.754 e. The molecule has 0 aromatic heterocycles. The zero-order valence-electron chi connectivity index (χ0n) is 10.1. The van der Waals surface area contributed by atoms with E-state index in [0.717, 1.165) is 6.20 Å². The second-order valence-corrected chi connectivity index (χ2v) is 3.88. The van der Waals surface area contributed by atoms with Crippen LogP contribution in [0.4, 0.5) is 5.69 Å². The van der Waals surface area contributed by atoms with Gasteiger partial charge in [-0.2, -0.15) is 0 Å². The predicted octanol–water partition coefficient (Wildman–Crippen LogP) is 3.12. The van der Waals surface area contributed by atoms with Crippen LogP contribution in [0.25, 0.3) is 5.57 Å². The maximum absolute atomic E-state index is 11.9. The maximum atomic E-state index is 11.9. The van der Waals surface area contributed by atoms with E-state index in [1.807, 2.05) is 0 Å². The highest BCUT2D eigenvalue weighted by Crippen LogP contribution is 2.19. The lowest BCUT2D eigenvalue weighted by Crippen LogP contribution is -2.10. The summed E-state index contributed by atoms with van der Waals surface area (Å²) in [5.74, 6) is -1.14. The van der Waals surface area contributed by atoms with Crippen molar-refractivity contribution in [3.05, 3.63) is 77.6 Å². The standard InChI is InChI=1S/C15H12NO3/c17-15(18)14(12-7-3-1-4-8-12)11-16(19)13-9-5-2-6-10-13/h1-11H,(H,17,18)/q-1/b14-11-. The van der Waals surface area contributed by atoms with Crippen LogP contribution in [-0.2, 0) is 4.79 Å². The molecule has 1 N–H and O–H groups in total. The first kappa shape index (κ1) is 12.9. The normalized spacial score (nSPS) is 11.1. The van der Waals surface area contributed by atoms with Gasteiger partial charge < -0.3 is 15.4 Å². The molecular weight excluding hydrogens is 242 g/mol. The highest BCUT2D eigenvalue weighted by molar-refractivity contribution is 6.15. The van der Waals surface area contributed by atoms with Crippen LogP contribution in [0.15, 0.2) is 66.9 Å². The second-order valence-electron chi connectivity index (χ2n) is 3.88. The van der Waals surface area contributed by atoms with E-state index in [0.29, 0.717) is 16.3 Å². The summed E-state index contributed by atoms with van der Waals surface area (Å²) in [6.07, 6.45) is 1.08. The number of para-hydroxylation sites is 1. The fourth-order valence-corrected chi connectivity index (χ4v) is 1.64. The number of hydroxylamine groups is 1. The van der Waals surface area contributed by atoms with Crippen LogP contribution in [0, 0.1) is 5.21 Å². The van der Waals surface area contributed by atoms with Crippen molar-refractivity contribution in [2.75, 3.05) is 5.06 Å². The van der Waals surface area contributed by atoms with E-state index < -0.39 is 5.97 Å². The minimum atomic E-state index is -1.14. The third-order valence-corrected chi connectivity index (χ3v) is 2.57. The smallest absolute Gasteiger partial charge is 0.337 e. The van der Waals surface area contributed by atoms with Gasteiger partial charge in [-0.15, -0.1) is 0 Å². The summed E-state index contributed by atoms with van der Waals surface area (Å²) in [5.41, 5.74) is 0.836. The van der Waals surface area contributed by atoms with Crippen molar-refractivity contribution in [3.63, 3.8) is 0 Å². The first-order chi connectivity index (χ1) is 9.18. The van der Waals surface area contributed by atoms with Gasteiger partial charge in [0.2, 0.25) is 0 Å². The Kier molecular flexibility index (Phi) is 3.95.